The molecule has 0 bridgehead atoms. The molecule has 0 aromatic heterocycles. The summed E-state index contributed by atoms with van der Waals surface area (Å²) >= 11 is 1.57. The van der Waals surface area contributed by atoms with Crippen molar-refractivity contribution in [2.24, 2.45) is 0 Å². The van der Waals surface area contributed by atoms with Crippen LogP contribution in [-0.4, -0.2) is 60.6 Å². The third kappa shape index (κ3) is 5.80. The molecule has 2 amide bonds. The van der Waals surface area contributed by atoms with E-state index in [9.17, 15) is 22.8 Å². The number of nitrogens with zero attached hydrogens (tertiary/aromatic N) is 2. The van der Waals surface area contributed by atoms with Crippen LogP contribution in [0.15, 0.2) is 47.4 Å². The van der Waals surface area contributed by atoms with Crippen LogP contribution in [-0.2, 0) is 11.0 Å². The number of hydrogen-bond donors (Lipinski definition) is 1. The Balaban J connectivity index is 1.56. The van der Waals surface area contributed by atoms with Crippen molar-refractivity contribution in [1.82, 2.24) is 9.80 Å². The van der Waals surface area contributed by atoms with Crippen molar-refractivity contribution in [2.45, 2.75) is 18.0 Å². The quantitative estimate of drug-likeness (QED) is 0.695. The molecule has 166 valence electrons. The normalized spacial score (nSPS) is 15.1. The number of benzene rings is 2. The minimum absolute atomic E-state index is 0.0325. The van der Waals surface area contributed by atoms with Gasteiger partial charge in [0, 0.05) is 36.6 Å². The van der Waals surface area contributed by atoms with E-state index in [1.165, 1.54) is 18.2 Å². The van der Waals surface area contributed by atoms with Gasteiger partial charge in [-0.2, -0.15) is 13.2 Å². The molecule has 1 aliphatic rings. The highest BCUT2D eigenvalue weighted by Gasteiger charge is 2.33. The molecule has 5 nitrogen and oxygen atoms in total. The second-order valence-corrected chi connectivity index (χ2v) is 8.22. The Morgan fingerprint density at radius 3 is 2.39 bits per heavy atom. The average Bonchev–Trinajstić information content (AvgIpc) is 2.74. The molecule has 1 heterocycles. The van der Waals surface area contributed by atoms with Gasteiger partial charge in [-0.3, -0.25) is 14.5 Å². The number of halogens is 3. The Morgan fingerprint density at radius 1 is 1.06 bits per heavy atom. The number of carbonyl (C=O) groups excluding carboxylic acids is 2. The third-order valence-corrected chi connectivity index (χ3v) is 5.93. The molecule has 0 radical (unpaired) electrons. The predicted octanol–water partition coefficient (Wildman–Crippen LogP) is 4.13. The highest BCUT2D eigenvalue weighted by Crippen LogP contribution is 2.34. The summed E-state index contributed by atoms with van der Waals surface area (Å²) < 4.78 is 39.3. The number of amides is 2. The molecule has 1 N–H and O–H groups in total. The molecule has 0 saturated carbocycles. The molecular weight excluding hydrogens is 427 g/mol. The number of alkyl halides is 3. The van der Waals surface area contributed by atoms with Gasteiger partial charge in [0.15, 0.2) is 0 Å². The second-order valence-electron chi connectivity index (χ2n) is 7.34. The van der Waals surface area contributed by atoms with Crippen molar-refractivity contribution < 1.29 is 22.8 Å². The molecule has 9 heteroatoms. The minimum Gasteiger partial charge on any atom is -0.336 e. The number of rotatable bonds is 5. The van der Waals surface area contributed by atoms with E-state index in [1.54, 1.807) is 16.7 Å². The van der Waals surface area contributed by atoms with Crippen LogP contribution >= 0.6 is 11.8 Å². The Morgan fingerprint density at radius 2 is 1.74 bits per heavy atom. The van der Waals surface area contributed by atoms with Crippen LogP contribution in [0.2, 0.25) is 0 Å². The molecule has 0 atom stereocenters. The van der Waals surface area contributed by atoms with Crippen molar-refractivity contribution in [3.63, 3.8) is 0 Å². The standard InChI is InChI=1S/C22H24F3N3O2S/c1-15-7-8-16(31-2)13-17(15)21(30)28-11-9-27(10-12-28)14-20(29)26-19-6-4-3-5-18(19)22(23,24)25/h3-8,13H,9-12,14H2,1-2H3,(H,26,29). The van der Waals surface area contributed by atoms with Gasteiger partial charge in [-0.05, 0) is 43.0 Å². The van der Waals surface area contributed by atoms with E-state index in [0.717, 1.165) is 16.5 Å². The Kier molecular flexibility index (Phi) is 7.27. The van der Waals surface area contributed by atoms with Crippen LogP contribution in [0.25, 0.3) is 0 Å². The van der Waals surface area contributed by atoms with Crippen LogP contribution in [0.4, 0.5) is 18.9 Å². The van der Waals surface area contributed by atoms with E-state index in [0.29, 0.717) is 31.7 Å². The number of carbonyl (C=O) groups is 2. The van der Waals surface area contributed by atoms with Gasteiger partial charge in [-0.25, -0.2) is 0 Å². The largest absolute Gasteiger partial charge is 0.418 e. The molecule has 1 saturated heterocycles. The zero-order valence-corrected chi connectivity index (χ0v) is 18.1. The van der Waals surface area contributed by atoms with Gasteiger partial charge in [0.1, 0.15) is 0 Å². The zero-order chi connectivity index (χ0) is 22.6. The van der Waals surface area contributed by atoms with Gasteiger partial charge in [0.05, 0.1) is 17.8 Å². The van der Waals surface area contributed by atoms with Gasteiger partial charge in [-0.1, -0.05) is 18.2 Å². The lowest BCUT2D eigenvalue weighted by atomic mass is 10.1. The number of aryl methyl sites for hydroxylation is 1. The van der Waals surface area contributed by atoms with Crippen LogP contribution in [0.5, 0.6) is 0 Å². The highest BCUT2D eigenvalue weighted by molar-refractivity contribution is 7.98. The fraction of sp³-hybridized carbons (Fsp3) is 0.364. The smallest absolute Gasteiger partial charge is 0.336 e. The molecule has 0 aliphatic carbocycles. The lowest BCUT2D eigenvalue weighted by Gasteiger charge is -2.34. The van der Waals surface area contributed by atoms with Crippen molar-refractivity contribution in [1.29, 1.82) is 0 Å². The summed E-state index contributed by atoms with van der Waals surface area (Å²) in [6, 6.07) is 10.7. The number of thioether (sulfide) groups is 1. The summed E-state index contributed by atoms with van der Waals surface area (Å²) in [4.78, 5) is 29.8. The van der Waals surface area contributed by atoms with E-state index < -0.39 is 17.6 Å². The van der Waals surface area contributed by atoms with Gasteiger partial charge in [0.2, 0.25) is 5.91 Å². The molecule has 31 heavy (non-hydrogen) atoms. The summed E-state index contributed by atoms with van der Waals surface area (Å²) in [5.41, 5.74) is 0.453. The minimum atomic E-state index is -4.54. The maximum atomic E-state index is 13.1. The van der Waals surface area contributed by atoms with E-state index in [1.807, 2.05) is 36.3 Å². The van der Waals surface area contributed by atoms with Crippen LogP contribution in [0.1, 0.15) is 21.5 Å². The summed E-state index contributed by atoms with van der Waals surface area (Å²) in [7, 11) is 0. The van der Waals surface area contributed by atoms with Gasteiger partial charge >= 0.3 is 6.18 Å². The Labute approximate surface area is 183 Å². The average molecular weight is 452 g/mol. The molecule has 2 aromatic carbocycles. The summed E-state index contributed by atoms with van der Waals surface area (Å²) in [6.45, 7) is 3.72. The first-order chi connectivity index (χ1) is 14.7. The fourth-order valence-electron chi connectivity index (χ4n) is 3.47. The highest BCUT2D eigenvalue weighted by atomic mass is 32.2. The predicted molar refractivity (Wildman–Crippen MR) is 115 cm³/mol. The first-order valence-corrected chi connectivity index (χ1v) is 11.0. The maximum Gasteiger partial charge on any atom is 0.418 e. The van der Waals surface area contributed by atoms with Gasteiger partial charge in [-0.15, -0.1) is 11.8 Å². The lowest BCUT2D eigenvalue weighted by Crippen LogP contribution is -2.50. The van der Waals surface area contributed by atoms with Crippen molar-refractivity contribution >= 4 is 29.3 Å². The van der Waals surface area contributed by atoms with E-state index in [-0.39, 0.29) is 18.1 Å². The van der Waals surface area contributed by atoms with Gasteiger partial charge in [0.25, 0.3) is 5.91 Å². The molecule has 0 unspecified atom stereocenters. The molecule has 3 rings (SSSR count). The maximum absolute atomic E-state index is 13.1. The van der Waals surface area contributed by atoms with Crippen molar-refractivity contribution in [2.75, 3.05) is 44.3 Å². The van der Waals surface area contributed by atoms with E-state index >= 15 is 0 Å². The fourth-order valence-corrected chi connectivity index (χ4v) is 3.91. The summed E-state index contributed by atoms with van der Waals surface area (Å²) in [6.07, 6.45) is -2.59. The number of piperazine rings is 1. The monoisotopic (exact) mass is 451 g/mol. The number of hydrogen-bond acceptors (Lipinski definition) is 4. The zero-order valence-electron chi connectivity index (χ0n) is 17.3. The molecule has 2 aromatic rings. The van der Waals surface area contributed by atoms with Crippen LogP contribution in [0.3, 0.4) is 0 Å². The Hall–Kier alpha value is -2.52. The summed E-state index contributed by atoms with van der Waals surface area (Å²) in [5, 5.41) is 2.36. The van der Waals surface area contributed by atoms with Crippen molar-refractivity contribution in [3.8, 4) is 0 Å². The van der Waals surface area contributed by atoms with E-state index in [4.69, 9.17) is 0 Å². The first kappa shape index (κ1) is 23.1. The topological polar surface area (TPSA) is 52.7 Å². The third-order valence-electron chi connectivity index (χ3n) is 5.21. The van der Waals surface area contributed by atoms with Gasteiger partial charge < -0.3 is 10.2 Å². The van der Waals surface area contributed by atoms with Crippen LogP contribution in [0, 0.1) is 6.92 Å². The summed E-state index contributed by atoms with van der Waals surface area (Å²) in [5.74, 6) is -0.559. The second kappa shape index (κ2) is 9.74. The number of nitrogens with one attached hydrogen (secondary N) is 1. The first-order valence-electron chi connectivity index (χ1n) is 9.81. The molecule has 1 aliphatic heterocycles. The van der Waals surface area contributed by atoms with Crippen molar-refractivity contribution in [3.05, 3.63) is 59.2 Å². The molecular formula is C22H24F3N3O2S. The molecule has 1 fully saturated rings. The van der Waals surface area contributed by atoms with E-state index in [2.05, 4.69) is 5.32 Å². The van der Waals surface area contributed by atoms with Crippen LogP contribution < -0.4 is 5.32 Å². The SMILES string of the molecule is CSc1ccc(C)c(C(=O)N2CCN(CC(=O)Nc3ccccc3C(F)(F)F)CC2)c1. The molecule has 0 spiro atoms. The number of anilines is 1. The number of para-hydroxylation sites is 1. The lowest BCUT2D eigenvalue weighted by molar-refractivity contribution is -0.137. The Bertz CT molecular complexity index is 957.